The van der Waals surface area contributed by atoms with E-state index in [2.05, 4.69) is 5.32 Å². The first-order valence-corrected chi connectivity index (χ1v) is 8.09. The number of ether oxygens (including phenoxy) is 1. The van der Waals surface area contributed by atoms with Crippen molar-refractivity contribution in [2.45, 2.75) is 12.8 Å². The third-order valence-corrected chi connectivity index (χ3v) is 4.01. The van der Waals surface area contributed by atoms with E-state index in [9.17, 15) is 9.59 Å². The van der Waals surface area contributed by atoms with E-state index in [1.54, 1.807) is 35.2 Å². The van der Waals surface area contributed by atoms with Crippen molar-refractivity contribution < 1.29 is 14.3 Å². The molecule has 0 aliphatic carbocycles. The Kier molecular flexibility index (Phi) is 5.01. The zero-order chi connectivity index (χ0) is 16.9. The fourth-order valence-corrected chi connectivity index (χ4v) is 2.85. The Labute approximate surface area is 145 Å². The summed E-state index contributed by atoms with van der Waals surface area (Å²) in [6.07, 6.45) is 1.39. The van der Waals surface area contributed by atoms with Crippen molar-refractivity contribution in [3.8, 4) is 5.75 Å². The fourth-order valence-electron chi connectivity index (χ4n) is 2.57. The second kappa shape index (κ2) is 7.36. The number of carbonyl (C=O) groups is 2. The van der Waals surface area contributed by atoms with Crippen LogP contribution < -0.4 is 15.0 Å². The Hall–Kier alpha value is -2.53. The van der Waals surface area contributed by atoms with Gasteiger partial charge in [-0.05, 0) is 36.8 Å². The average Bonchev–Trinajstić information content (AvgIpc) is 3.00. The number of para-hydroxylation sites is 1. The number of halogens is 1. The first-order chi connectivity index (χ1) is 11.6. The number of carbonyl (C=O) groups excluding carboxylic acids is 2. The lowest BCUT2D eigenvalue weighted by molar-refractivity contribution is -0.118. The molecule has 24 heavy (non-hydrogen) atoms. The summed E-state index contributed by atoms with van der Waals surface area (Å²) in [5.74, 6) is 0.429. The van der Waals surface area contributed by atoms with Crippen LogP contribution in [0.4, 0.5) is 11.4 Å². The van der Waals surface area contributed by atoms with Gasteiger partial charge in [0.1, 0.15) is 5.75 Å². The lowest BCUT2D eigenvalue weighted by atomic mass is 10.2. The highest BCUT2D eigenvalue weighted by molar-refractivity contribution is 6.34. The number of nitrogens with one attached hydrogen (secondary N) is 1. The topological polar surface area (TPSA) is 58.6 Å². The molecule has 0 radical (unpaired) electrons. The van der Waals surface area contributed by atoms with E-state index in [0.29, 0.717) is 35.1 Å². The molecule has 2 amide bonds. The largest absolute Gasteiger partial charge is 0.484 e. The molecule has 3 rings (SSSR count). The maximum atomic E-state index is 11.9. The molecule has 5 nitrogen and oxygen atoms in total. The number of amides is 2. The van der Waals surface area contributed by atoms with Crippen LogP contribution in [0.25, 0.3) is 0 Å². The Morgan fingerprint density at radius 3 is 2.67 bits per heavy atom. The second-order valence-electron chi connectivity index (χ2n) is 5.47. The highest BCUT2D eigenvalue weighted by Crippen LogP contribution is 2.31. The lowest BCUT2D eigenvalue weighted by Gasteiger charge is -2.18. The van der Waals surface area contributed by atoms with E-state index in [4.69, 9.17) is 16.3 Å². The Morgan fingerprint density at radius 2 is 2.00 bits per heavy atom. The van der Waals surface area contributed by atoms with Crippen LogP contribution in [0.2, 0.25) is 5.02 Å². The Balaban J connectivity index is 1.60. The minimum absolute atomic E-state index is 0.0740. The predicted molar refractivity (Wildman–Crippen MR) is 93.6 cm³/mol. The summed E-state index contributed by atoms with van der Waals surface area (Å²) in [4.78, 5) is 25.4. The predicted octanol–water partition coefficient (Wildman–Crippen LogP) is 3.48. The molecule has 0 atom stereocenters. The van der Waals surface area contributed by atoms with Gasteiger partial charge in [-0.3, -0.25) is 9.59 Å². The van der Waals surface area contributed by atoms with Crippen LogP contribution in [0.5, 0.6) is 5.75 Å². The first-order valence-electron chi connectivity index (χ1n) is 7.71. The molecule has 0 unspecified atom stereocenters. The van der Waals surface area contributed by atoms with Crippen molar-refractivity contribution in [3.63, 3.8) is 0 Å². The summed E-state index contributed by atoms with van der Waals surface area (Å²) in [5.41, 5.74) is 1.25. The quantitative estimate of drug-likeness (QED) is 0.903. The first kappa shape index (κ1) is 16.3. The summed E-state index contributed by atoms with van der Waals surface area (Å²) >= 11 is 6.25. The maximum absolute atomic E-state index is 11.9. The number of nitrogens with zero attached hydrogens (tertiary/aromatic N) is 1. The van der Waals surface area contributed by atoms with Gasteiger partial charge in [-0.15, -0.1) is 0 Å². The minimum Gasteiger partial charge on any atom is -0.484 e. The van der Waals surface area contributed by atoms with Crippen LogP contribution in [0.15, 0.2) is 48.5 Å². The maximum Gasteiger partial charge on any atom is 0.262 e. The highest BCUT2D eigenvalue weighted by atomic mass is 35.5. The normalized spacial score (nSPS) is 13.9. The van der Waals surface area contributed by atoms with Crippen molar-refractivity contribution in [2.24, 2.45) is 0 Å². The van der Waals surface area contributed by atoms with Gasteiger partial charge in [0.15, 0.2) is 6.61 Å². The van der Waals surface area contributed by atoms with Gasteiger partial charge in [-0.1, -0.05) is 29.8 Å². The van der Waals surface area contributed by atoms with Gasteiger partial charge in [-0.2, -0.15) is 0 Å². The molecule has 6 heteroatoms. The molecule has 1 aliphatic rings. The molecular weight excluding hydrogens is 328 g/mol. The number of anilines is 2. The van der Waals surface area contributed by atoms with Crippen LogP contribution in [-0.4, -0.2) is 25.0 Å². The smallest absolute Gasteiger partial charge is 0.262 e. The molecule has 1 saturated heterocycles. The average molecular weight is 345 g/mol. The van der Waals surface area contributed by atoms with Gasteiger partial charge < -0.3 is 15.0 Å². The zero-order valence-corrected chi connectivity index (χ0v) is 13.8. The lowest BCUT2D eigenvalue weighted by Crippen LogP contribution is -2.24. The summed E-state index contributed by atoms with van der Waals surface area (Å²) in [5, 5.41) is 3.17. The molecule has 0 spiro atoms. The molecule has 124 valence electrons. The molecular formula is C18H17ClN2O3. The van der Waals surface area contributed by atoms with Crippen molar-refractivity contribution >= 4 is 34.8 Å². The highest BCUT2D eigenvalue weighted by Gasteiger charge is 2.23. The van der Waals surface area contributed by atoms with Gasteiger partial charge in [0.2, 0.25) is 5.91 Å². The minimum atomic E-state index is -0.278. The summed E-state index contributed by atoms with van der Waals surface area (Å²) in [6.45, 7) is 0.586. The van der Waals surface area contributed by atoms with E-state index in [-0.39, 0.29) is 18.4 Å². The standard InChI is InChI=1S/C18H17ClN2O3/c19-15-11-13(8-9-16(15)21-10-4-7-18(21)23)20-17(22)12-24-14-5-2-1-3-6-14/h1-3,5-6,8-9,11H,4,7,10,12H2,(H,20,22). The van der Waals surface area contributed by atoms with E-state index in [1.165, 1.54) is 0 Å². The molecule has 1 N–H and O–H groups in total. The summed E-state index contributed by atoms with van der Waals surface area (Å²) < 4.78 is 5.39. The number of hydrogen-bond donors (Lipinski definition) is 1. The summed E-state index contributed by atoms with van der Waals surface area (Å²) in [6, 6.07) is 14.2. The van der Waals surface area contributed by atoms with E-state index in [1.807, 2.05) is 18.2 Å². The zero-order valence-electron chi connectivity index (χ0n) is 13.0. The molecule has 2 aromatic rings. The van der Waals surface area contributed by atoms with Crippen LogP contribution in [0.1, 0.15) is 12.8 Å². The third kappa shape index (κ3) is 3.86. The van der Waals surface area contributed by atoms with Crippen LogP contribution >= 0.6 is 11.6 Å². The van der Waals surface area contributed by atoms with Gasteiger partial charge in [0.25, 0.3) is 5.91 Å². The van der Waals surface area contributed by atoms with E-state index < -0.39 is 0 Å². The van der Waals surface area contributed by atoms with Crippen molar-refractivity contribution in [2.75, 3.05) is 23.4 Å². The number of benzene rings is 2. The second-order valence-corrected chi connectivity index (χ2v) is 5.87. The van der Waals surface area contributed by atoms with Gasteiger partial charge in [0, 0.05) is 18.7 Å². The van der Waals surface area contributed by atoms with Crippen LogP contribution in [0.3, 0.4) is 0 Å². The van der Waals surface area contributed by atoms with Crippen molar-refractivity contribution in [3.05, 3.63) is 53.6 Å². The van der Waals surface area contributed by atoms with Gasteiger partial charge >= 0.3 is 0 Å². The van der Waals surface area contributed by atoms with E-state index >= 15 is 0 Å². The molecule has 1 fully saturated rings. The van der Waals surface area contributed by atoms with Crippen LogP contribution in [0, 0.1) is 0 Å². The monoisotopic (exact) mass is 344 g/mol. The number of hydrogen-bond acceptors (Lipinski definition) is 3. The molecule has 0 aromatic heterocycles. The molecule has 0 bridgehead atoms. The Bertz CT molecular complexity index is 749. The van der Waals surface area contributed by atoms with Gasteiger partial charge in [0.05, 0.1) is 10.7 Å². The summed E-state index contributed by atoms with van der Waals surface area (Å²) in [7, 11) is 0. The molecule has 1 heterocycles. The fraction of sp³-hybridized carbons (Fsp3) is 0.222. The SMILES string of the molecule is O=C(COc1ccccc1)Nc1ccc(N2CCCC2=O)c(Cl)c1. The molecule has 2 aromatic carbocycles. The Morgan fingerprint density at radius 1 is 1.21 bits per heavy atom. The van der Waals surface area contributed by atoms with E-state index in [0.717, 1.165) is 6.42 Å². The van der Waals surface area contributed by atoms with Crippen LogP contribution in [-0.2, 0) is 9.59 Å². The molecule has 1 aliphatic heterocycles. The van der Waals surface area contributed by atoms with Gasteiger partial charge in [-0.25, -0.2) is 0 Å². The molecule has 0 saturated carbocycles. The third-order valence-electron chi connectivity index (χ3n) is 3.71. The van der Waals surface area contributed by atoms with Crippen molar-refractivity contribution in [1.29, 1.82) is 0 Å². The van der Waals surface area contributed by atoms with Crippen molar-refractivity contribution in [1.82, 2.24) is 0 Å². The number of rotatable bonds is 5.